The third-order valence-electron chi connectivity index (χ3n) is 5.64. The fourth-order valence-corrected chi connectivity index (χ4v) is 4.23. The summed E-state index contributed by atoms with van der Waals surface area (Å²) in [5.74, 6) is 0.526. The van der Waals surface area contributed by atoms with Crippen LogP contribution in [0.2, 0.25) is 0 Å². The van der Waals surface area contributed by atoms with Gasteiger partial charge < -0.3 is 10.2 Å². The quantitative estimate of drug-likeness (QED) is 0.693. The van der Waals surface area contributed by atoms with E-state index in [4.69, 9.17) is 0 Å². The van der Waals surface area contributed by atoms with Gasteiger partial charge in [-0.2, -0.15) is 0 Å². The Balaban J connectivity index is 1.50. The van der Waals surface area contributed by atoms with Gasteiger partial charge in [-0.1, -0.05) is 55.5 Å². The molecule has 1 N–H and O–H groups in total. The molecule has 2 aromatic carbocycles. The second-order valence-electron chi connectivity index (χ2n) is 7.45. The Morgan fingerprint density at radius 3 is 2.43 bits per heavy atom. The van der Waals surface area contributed by atoms with Crippen LogP contribution in [-0.2, 0) is 4.79 Å². The number of hydrogen-bond donors (Lipinski definition) is 1. The molecule has 0 saturated carbocycles. The summed E-state index contributed by atoms with van der Waals surface area (Å²) < 4.78 is 0. The van der Waals surface area contributed by atoms with Crippen LogP contribution in [0.1, 0.15) is 60.9 Å². The first-order valence-corrected chi connectivity index (χ1v) is 10.4. The standard InChI is InChI=1S/C24H30N2O2/c1-2-21(19-11-5-3-6-12-19)22-15-10-18-26(22)23(27)16-9-17-25-24(28)20-13-7-4-8-14-20/h3-8,11-14,21-22H,2,9-10,15-18H2,1H3,(H,25,28)/t21-,22+/m1/s1. The van der Waals surface area contributed by atoms with Crippen molar-refractivity contribution in [3.8, 4) is 0 Å². The van der Waals surface area contributed by atoms with E-state index in [1.165, 1.54) is 5.56 Å². The highest BCUT2D eigenvalue weighted by molar-refractivity contribution is 5.94. The number of amides is 2. The van der Waals surface area contributed by atoms with Crippen molar-refractivity contribution in [2.24, 2.45) is 0 Å². The van der Waals surface area contributed by atoms with Crippen LogP contribution >= 0.6 is 0 Å². The molecule has 1 saturated heterocycles. The number of nitrogens with zero attached hydrogens (tertiary/aromatic N) is 1. The first kappa shape index (κ1) is 20.1. The molecule has 1 heterocycles. The number of carbonyl (C=O) groups is 2. The van der Waals surface area contributed by atoms with E-state index >= 15 is 0 Å². The van der Waals surface area contributed by atoms with Gasteiger partial charge in [-0.15, -0.1) is 0 Å². The Morgan fingerprint density at radius 2 is 1.75 bits per heavy atom. The zero-order valence-corrected chi connectivity index (χ0v) is 16.6. The van der Waals surface area contributed by atoms with Gasteiger partial charge in [0.2, 0.25) is 5.91 Å². The molecular weight excluding hydrogens is 348 g/mol. The molecule has 1 fully saturated rings. The highest BCUT2D eigenvalue weighted by Crippen LogP contribution is 2.33. The molecule has 2 atom stereocenters. The fraction of sp³-hybridized carbons (Fsp3) is 0.417. The summed E-state index contributed by atoms with van der Waals surface area (Å²) in [4.78, 5) is 27.0. The molecule has 2 amide bonds. The van der Waals surface area contributed by atoms with Crippen LogP contribution in [0.5, 0.6) is 0 Å². The number of benzene rings is 2. The molecule has 3 rings (SSSR count). The lowest BCUT2D eigenvalue weighted by Gasteiger charge is -2.32. The minimum Gasteiger partial charge on any atom is -0.352 e. The van der Waals surface area contributed by atoms with Crippen LogP contribution in [0.25, 0.3) is 0 Å². The summed E-state index contributed by atoms with van der Waals surface area (Å²) in [6, 6.07) is 20.0. The lowest BCUT2D eigenvalue weighted by molar-refractivity contribution is -0.132. The van der Waals surface area contributed by atoms with E-state index in [0.29, 0.717) is 36.9 Å². The van der Waals surface area contributed by atoms with Crippen LogP contribution in [0.15, 0.2) is 60.7 Å². The third kappa shape index (κ3) is 5.00. The third-order valence-corrected chi connectivity index (χ3v) is 5.64. The molecule has 1 aliphatic rings. The van der Waals surface area contributed by atoms with Crippen molar-refractivity contribution in [1.29, 1.82) is 0 Å². The summed E-state index contributed by atoms with van der Waals surface area (Å²) in [7, 11) is 0. The smallest absolute Gasteiger partial charge is 0.251 e. The maximum absolute atomic E-state index is 12.8. The predicted octanol–water partition coefficient (Wildman–Crippen LogP) is 4.38. The van der Waals surface area contributed by atoms with Crippen molar-refractivity contribution in [3.05, 3.63) is 71.8 Å². The Hall–Kier alpha value is -2.62. The lowest BCUT2D eigenvalue weighted by atomic mass is 9.87. The average molecular weight is 379 g/mol. The van der Waals surface area contributed by atoms with Crippen molar-refractivity contribution in [2.45, 2.75) is 51.0 Å². The second kappa shape index (κ2) is 10.1. The number of likely N-dealkylation sites (tertiary alicyclic amines) is 1. The van der Waals surface area contributed by atoms with Gasteiger partial charge in [-0.3, -0.25) is 9.59 Å². The summed E-state index contributed by atoms with van der Waals surface area (Å²) in [5, 5.41) is 2.91. The molecule has 0 bridgehead atoms. The van der Waals surface area contributed by atoms with Crippen molar-refractivity contribution in [3.63, 3.8) is 0 Å². The van der Waals surface area contributed by atoms with Gasteiger partial charge >= 0.3 is 0 Å². The summed E-state index contributed by atoms with van der Waals surface area (Å²) in [6.07, 6.45) is 4.33. The van der Waals surface area contributed by atoms with Crippen LogP contribution < -0.4 is 5.32 Å². The van der Waals surface area contributed by atoms with Crippen molar-refractivity contribution < 1.29 is 9.59 Å². The molecule has 0 aromatic heterocycles. The predicted molar refractivity (Wildman–Crippen MR) is 112 cm³/mol. The zero-order valence-electron chi connectivity index (χ0n) is 16.6. The Bertz CT molecular complexity index is 761. The molecule has 0 aliphatic carbocycles. The highest BCUT2D eigenvalue weighted by atomic mass is 16.2. The van der Waals surface area contributed by atoms with Gasteiger partial charge in [-0.05, 0) is 43.4 Å². The van der Waals surface area contributed by atoms with E-state index in [-0.39, 0.29) is 11.8 Å². The first-order chi connectivity index (χ1) is 13.7. The molecule has 4 nitrogen and oxygen atoms in total. The second-order valence-corrected chi connectivity index (χ2v) is 7.45. The average Bonchev–Trinajstić information content (AvgIpc) is 3.22. The summed E-state index contributed by atoms with van der Waals surface area (Å²) >= 11 is 0. The molecule has 0 radical (unpaired) electrons. The number of rotatable bonds is 8. The molecule has 0 spiro atoms. The van der Waals surface area contributed by atoms with Crippen molar-refractivity contribution >= 4 is 11.8 Å². The molecule has 4 heteroatoms. The molecule has 148 valence electrons. The number of hydrogen-bond acceptors (Lipinski definition) is 2. The number of nitrogens with one attached hydrogen (secondary N) is 1. The van der Waals surface area contributed by atoms with E-state index in [1.807, 2.05) is 24.3 Å². The zero-order chi connectivity index (χ0) is 19.8. The van der Waals surface area contributed by atoms with Gasteiger partial charge in [0.05, 0.1) is 0 Å². The van der Waals surface area contributed by atoms with Gasteiger partial charge in [0.25, 0.3) is 5.91 Å². The van der Waals surface area contributed by atoms with Crippen molar-refractivity contribution in [2.75, 3.05) is 13.1 Å². The molecule has 28 heavy (non-hydrogen) atoms. The maximum Gasteiger partial charge on any atom is 0.251 e. The minimum absolute atomic E-state index is 0.0813. The Labute approximate surface area is 167 Å². The van der Waals surface area contributed by atoms with E-state index < -0.39 is 0 Å². The van der Waals surface area contributed by atoms with Crippen LogP contribution in [0, 0.1) is 0 Å². The van der Waals surface area contributed by atoms with Crippen LogP contribution in [-0.4, -0.2) is 35.8 Å². The number of carbonyl (C=O) groups excluding carboxylic acids is 2. The molecule has 1 aliphatic heterocycles. The SMILES string of the molecule is CC[C@H](c1ccccc1)[C@@H]1CCCN1C(=O)CCCNC(=O)c1ccccc1. The topological polar surface area (TPSA) is 49.4 Å². The van der Waals surface area contributed by atoms with Crippen LogP contribution in [0.4, 0.5) is 0 Å². The molecule has 0 unspecified atom stereocenters. The largest absolute Gasteiger partial charge is 0.352 e. The monoisotopic (exact) mass is 378 g/mol. The van der Waals surface area contributed by atoms with E-state index in [2.05, 4.69) is 41.4 Å². The lowest BCUT2D eigenvalue weighted by Crippen LogP contribution is -2.39. The van der Waals surface area contributed by atoms with E-state index in [1.54, 1.807) is 12.1 Å². The van der Waals surface area contributed by atoms with Gasteiger partial charge in [0.1, 0.15) is 0 Å². The maximum atomic E-state index is 12.8. The minimum atomic E-state index is -0.0813. The summed E-state index contributed by atoms with van der Waals surface area (Å²) in [5.41, 5.74) is 1.98. The van der Waals surface area contributed by atoms with Crippen molar-refractivity contribution in [1.82, 2.24) is 10.2 Å². The van der Waals surface area contributed by atoms with Gasteiger partial charge in [-0.25, -0.2) is 0 Å². The van der Waals surface area contributed by atoms with Crippen LogP contribution in [0.3, 0.4) is 0 Å². The molecule has 2 aromatic rings. The fourth-order valence-electron chi connectivity index (χ4n) is 4.23. The highest BCUT2D eigenvalue weighted by Gasteiger charge is 2.34. The molecular formula is C24H30N2O2. The normalized spacial score (nSPS) is 17.3. The Morgan fingerprint density at radius 1 is 1.07 bits per heavy atom. The Kier molecular flexibility index (Phi) is 7.24. The van der Waals surface area contributed by atoms with Gasteiger partial charge in [0.15, 0.2) is 0 Å². The summed E-state index contributed by atoms with van der Waals surface area (Å²) in [6.45, 7) is 3.58. The first-order valence-electron chi connectivity index (χ1n) is 10.4. The van der Waals surface area contributed by atoms with Gasteiger partial charge in [0, 0.05) is 37.0 Å². The van der Waals surface area contributed by atoms with E-state index in [0.717, 1.165) is 25.8 Å². The van der Waals surface area contributed by atoms with E-state index in [9.17, 15) is 9.59 Å².